The van der Waals surface area contributed by atoms with Crippen molar-refractivity contribution in [3.63, 3.8) is 0 Å². The fourth-order valence-corrected chi connectivity index (χ4v) is 1.05. The van der Waals surface area contributed by atoms with E-state index < -0.39 is 11.6 Å². The molecule has 0 aliphatic carbocycles. The zero-order valence-corrected chi connectivity index (χ0v) is 6.50. The van der Waals surface area contributed by atoms with Gasteiger partial charge >= 0.3 is 0 Å². The third-order valence-electron chi connectivity index (χ3n) is 1.58. The highest BCUT2D eigenvalue weighted by molar-refractivity contribution is 5.55. The van der Waals surface area contributed by atoms with Crippen LogP contribution in [0.15, 0.2) is 35.2 Å². The maximum atomic E-state index is 12.7. The molecule has 0 saturated carbocycles. The molecule has 0 aliphatic rings. The minimum absolute atomic E-state index is 0.343. The second-order valence-corrected chi connectivity index (χ2v) is 2.52. The fraction of sp³-hybridized carbons (Fsp3) is 0. The van der Waals surface area contributed by atoms with Crippen molar-refractivity contribution >= 4 is 0 Å². The molecule has 0 unspecified atom stereocenters. The van der Waals surface area contributed by atoms with E-state index in [1.165, 1.54) is 24.7 Å². The van der Waals surface area contributed by atoms with Gasteiger partial charge in [0.15, 0.2) is 12.2 Å². The molecule has 13 heavy (non-hydrogen) atoms. The van der Waals surface area contributed by atoms with E-state index in [4.69, 9.17) is 4.42 Å². The number of hydrogen-bond acceptors (Lipinski definition) is 2. The zero-order chi connectivity index (χ0) is 9.26. The lowest BCUT2D eigenvalue weighted by Crippen LogP contribution is -1.81. The Labute approximate surface area is 72.8 Å². The molecule has 1 aromatic carbocycles. The van der Waals surface area contributed by atoms with Crippen LogP contribution in [0.25, 0.3) is 11.3 Å². The van der Waals surface area contributed by atoms with Gasteiger partial charge in [0.05, 0.1) is 6.20 Å². The number of aromatic nitrogens is 1. The molecule has 2 nitrogen and oxygen atoms in total. The Bertz CT molecular complexity index is 391. The van der Waals surface area contributed by atoms with Crippen LogP contribution in [0.1, 0.15) is 0 Å². The largest absolute Gasteiger partial charge is 0.444 e. The van der Waals surface area contributed by atoms with Crippen LogP contribution < -0.4 is 0 Å². The Hall–Kier alpha value is -1.71. The summed E-state index contributed by atoms with van der Waals surface area (Å²) in [5, 5.41) is 0. The molecular formula is C9H5F2NO. The predicted molar refractivity (Wildman–Crippen MR) is 41.9 cm³/mol. The number of halogens is 2. The van der Waals surface area contributed by atoms with Crippen molar-refractivity contribution in [3.05, 3.63) is 42.4 Å². The molecule has 0 bridgehead atoms. The highest BCUT2D eigenvalue weighted by atomic mass is 19.1. The van der Waals surface area contributed by atoms with E-state index in [1.54, 1.807) is 0 Å². The second-order valence-electron chi connectivity index (χ2n) is 2.52. The molecule has 0 fully saturated rings. The van der Waals surface area contributed by atoms with E-state index in [0.29, 0.717) is 11.3 Å². The van der Waals surface area contributed by atoms with Gasteiger partial charge < -0.3 is 4.42 Å². The summed E-state index contributed by atoms with van der Waals surface area (Å²) in [6.07, 6.45) is 2.60. The van der Waals surface area contributed by atoms with Gasteiger partial charge in [0.25, 0.3) is 0 Å². The Kier molecular flexibility index (Phi) is 1.81. The van der Waals surface area contributed by atoms with Gasteiger partial charge in [-0.3, -0.25) is 0 Å². The molecule has 1 aromatic heterocycles. The standard InChI is InChI=1S/C9H5F2NO/c10-7-1-6(2-8(11)3-7)9-4-12-5-13-9/h1-5H. The van der Waals surface area contributed by atoms with Gasteiger partial charge in [-0.1, -0.05) is 0 Å². The summed E-state index contributed by atoms with van der Waals surface area (Å²) in [5.41, 5.74) is 0.343. The van der Waals surface area contributed by atoms with Crippen LogP contribution in [-0.4, -0.2) is 4.98 Å². The van der Waals surface area contributed by atoms with Crippen molar-refractivity contribution in [3.8, 4) is 11.3 Å². The first-order valence-corrected chi connectivity index (χ1v) is 3.60. The minimum Gasteiger partial charge on any atom is -0.444 e. The van der Waals surface area contributed by atoms with E-state index in [0.717, 1.165) is 6.07 Å². The molecule has 0 aliphatic heterocycles. The maximum Gasteiger partial charge on any atom is 0.181 e. The molecule has 1 heterocycles. The van der Waals surface area contributed by atoms with Crippen LogP contribution in [0.3, 0.4) is 0 Å². The Balaban J connectivity index is 2.53. The lowest BCUT2D eigenvalue weighted by Gasteiger charge is -1.96. The van der Waals surface area contributed by atoms with Crippen LogP contribution in [0, 0.1) is 11.6 Å². The Morgan fingerprint density at radius 1 is 1.08 bits per heavy atom. The van der Waals surface area contributed by atoms with Gasteiger partial charge in [0.1, 0.15) is 11.6 Å². The molecular weight excluding hydrogens is 176 g/mol. The lowest BCUT2D eigenvalue weighted by molar-refractivity contribution is 0.563. The number of rotatable bonds is 1. The average Bonchev–Trinajstić information content (AvgIpc) is 2.53. The highest BCUT2D eigenvalue weighted by Gasteiger charge is 2.05. The molecule has 0 N–H and O–H groups in total. The average molecular weight is 181 g/mol. The molecule has 0 amide bonds. The third kappa shape index (κ3) is 1.56. The smallest absolute Gasteiger partial charge is 0.181 e. The van der Waals surface area contributed by atoms with Gasteiger partial charge in [-0.2, -0.15) is 0 Å². The topological polar surface area (TPSA) is 26.0 Å². The van der Waals surface area contributed by atoms with Crippen LogP contribution in [-0.2, 0) is 0 Å². The monoisotopic (exact) mass is 181 g/mol. The molecule has 2 aromatic rings. The number of benzene rings is 1. The molecule has 66 valence electrons. The van der Waals surface area contributed by atoms with Gasteiger partial charge in [0.2, 0.25) is 0 Å². The van der Waals surface area contributed by atoms with E-state index in [-0.39, 0.29) is 0 Å². The van der Waals surface area contributed by atoms with Crippen LogP contribution >= 0.6 is 0 Å². The van der Waals surface area contributed by atoms with Crippen LogP contribution in [0.5, 0.6) is 0 Å². The molecule has 4 heteroatoms. The van der Waals surface area contributed by atoms with Crippen LogP contribution in [0.4, 0.5) is 8.78 Å². The van der Waals surface area contributed by atoms with Crippen molar-refractivity contribution in [1.29, 1.82) is 0 Å². The fourth-order valence-electron chi connectivity index (χ4n) is 1.05. The predicted octanol–water partition coefficient (Wildman–Crippen LogP) is 2.62. The first-order valence-electron chi connectivity index (χ1n) is 3.60. The van der Waals surface area contributed by atoms with Crippen molar-refractivity contribution in [2.45, 2.75) is 0 Å². The van der Waals surface area contributed by atoms with E-state index in [9.17, 15) is 8.78 Å². The molecule has 2 rings (SSSR count). The van der Waals surface area contributed by atoms with Gasteiger partial charge in [-0.15, -0.1) is 0 Å². The number of hydrogen-bond donors (Lipinski definition) is 0. The summed E-state index contributed by atoms with van der Waals surface area (Å²) in [6.45, 7) is 0. The van der Waals surface area contributed by atoms with Crippen LogP contribution in [0.2, 0.25) is 0 Å². The zero-order valence-electron chi connectivity index (χ0n) is 6.50. The number of nitrogens with zero attached hydrogens (tertiary/aromatic N) is 1. The Morgan fingerprint density at radius 2 is 1.77 bits per heavy atom. The summed E-state index contributed by atoms with van der Waals surface area (Å²) in [5.74, 6) is -0.920. The maximum absolute atomic E-state index is 12.7. The van der Waals surface area contributed by atoms with E-state index in [1.807, 2.05) is 0 Å². The normalized spacial score (nSPS) is 10.3. The first kappa shape index (κ1) is 7.91. The Morgan fingerprint density at radius 3 is 2.31 bits per heavy atom. The van der Waals surface area contributed by atoms with E-state index in [2.05, 4.69) is 4.98 Å². The van der Waals surface area contributed by atoms with Gasteiger partial charge in [-0.25, -0.2) is 13.8 Å². The number of oxazole rings is 1. The summed E-state index contributed by atoms with van der Waals surface area (Å²) < 4.78 is 30.3. The van der Waals surface area contributed by atoms with Crippen molar-refractivity contribution in [2.75, 3.05) is 0 Å². The van der Waals surface area contributed by atoms with Crippen molar-refractivity contribution in [1.82, 2.24) is 4.98 Å². The summed E-state index contributed by atoms with van der Waals surface area (Å²) in [7, 11) is 0. The molecule has 0 atom stereocenters. The summed E-state index contributed by atoms with van der Waals surface area (Å²) in [4.78, 5) is 3.65. The minimum atomic E-state index is -0.633. The van der Waals surface area contributed by atoms with E-state index >= 15 is 0 Å². The van der Waals surface area contributed by atoms with Gasteiger partial charge in [0, 0.05) is 11.6 Å². The quantitative estimate of drug-likeness (QED) is 0.675. The summed E-state index contributed by atoms with van der Waals surface area (Å²) in [6, 6.07) is 3.17. The lowest BCUT2D eigenvalue weighted by atomic mass is 10.2. The molecule has 0 radical (unpaired) electrons. The van der Waals surface area contributed by atoms with Crippen molar-refractivity contribution < 1.29 is 13.2 Å². The van der Waals surface area contributed by atoms with Gasteiger partial charge in [-0.05, 0) is 12.1 Å². The second kappa shape index (κ2) is 2.97. The third-order valence-corrected chi connectivity index (χ3v) is 1.58. The first-order chi connectivity index (χ1) is 6.25. The molecule has 0 spiro atoms. The van der Waals surface area contributed by atoms with Crippen molar-refractivity contribution in [2.24, 2.45) is 0 Å². The highest BCUT2D eigenvalue weighted by Crippen LogP contribution is 2.20. The SMILES string of the molecule is Fc1cc(F)cc(-c2cnco2)c1. The summed E-state index contributed by atoms with van der Waals surface area (Å²) >= 11 is 0. The molecule has 0 saturated heterocycles.